The van der Waals surface area contributed by atoms with E-state index in [0.29, 0.717) is 6.61 Å². The van der Waals surface area contributed by atoms with Gasteiger partial charge in [-0.3, -0.25) is 0 Å². The molecule has 0 heterocycles. The van der Waals surface area contributed by atoms with Crippen LogP contribution in [0.1, 0.15) is 17.2 Å². The van der Waals surface area contributed by atoms with Gasteiger partial charge in [-0.05, 0) is 11.1 Å². The van der Waals surface area contributed by atoms with E-state index in [0.717, 1.165) is 11.1 Å². The van der Waals surface area contributed by atoms with E-state index in [1.54, 1.807) is 6.08 Å². The van der Waals surface area contributed by atoms with Gasteiger partial charge in [-0.1, -0.05) is 42.5 Å². The van der Waals surface area contributed by atoms with Crippen LogP contribution >= 0.6 is 0 Å². The van der Waals surface area contributed by atoms with Gasteiger partial charge in [-0.2, -0.15) is 0 Å². The van der Waals surface area contributed by atoms with Crippen molar-refractivity contribution in [3.05, 3.63) is 54.1 Å². The number of fused-ring (bicyclic) bond motifs is 1. The Morgan fingerprint density at radius 2 is 2.20 bits per heavy atom. The maximum atomic E-state index is 10.0. The molecule has 0 fully saturated rings. The molecule has 2 atom stereocenters. The molecular formula is C13H14O2. The SMILES string of the molecule is C=CCO[C@H]1C=Cc2ccccc2[C@@H]1O. The maximum Gasteiger partial charge on any atom is 0.109 e. The zero-order chi connectivity index (χ0) is 10.7. The molecule has 0 bridgehead atoms. The number of rotatable bonds is 3. The molecule has 15 heavy (non-hydrogen) atoms. The third-order valence-electron chi connectivity index (χ3n) is 2.50. The van der Waals surface area contributed by atoms with Gasteiger partial charge >= 0.3 is 0 Å². The second-order valence-corrected chi connectivity index (χ2v) is 3.52. The lowest BCUT2D eigenvalue weighted by Gasteiger charge is -2.25. The molecule has 0 spiro atoms. The van der Waals surface area contributed by atoms with Crippen molar-refractivity contribution in [2.45, 2.75) is 12.2 Å². The normalized spacial score (nSPS) is 23.5. The Labute approximate surface area is 89.5 Å². The Hall–Kier alpha value is -1.38. The smallest absolute Gasteiger partial charge is 0.109 e. The topological polar surface area (TPSA) is 29.5 Å². The van der Waals surface area contributed by atoms with E-state index in [1.807, 2.05) is 36.4 Å². The number of ether oxygens (including phenoxy) is 1. The van der Waals surface area contributed by atoms with Crippen LogP contribution in [0.2, 0.25) is 0 Å². The summed E-state index contributed by atoms with van der Waals surface area (Å²) in [7, 11) is 0. The molecule has 0 unspecified atom stereocenters. The monoisotopic (exact) mass is 202 g/mol. The van der Waals surface area contributed by atoms with Crippen molar-refractivity contribution in [1.29, 1.82) is 0 Å². The molecule has 0 aromatic heterocycles. The first-order chi connectivity index (χ1) is 7.33. The van der Waals surface area contributed by atoms with Gasteiger partial charge in [0.25, 0.3) is 0 Å². The minimum atomic E-state index is -0.578. The lowest BCUT2D eigenvalue weighted by Crippen LogP contribution is -2.23. The first kappa shape index (κ1) is 10.1. The second-order valence-electron chi connectivity index (χ2n) is 3.52. The van der Waals surface area contributed by atoms with E-state index in [4.69, 9.17) is 4.74 Å². The summed E-state index contributed by atoms with van der Waals surface area (Å²) in [5.74, 6) is 0. The third kappa shape index (κ3) is 2.01. The van der Waals surface area contributed by atoms with Crippen LogP contribution in [0.4, 0.5) is 0 Å². The molecule has 1 aliphatic rings. The van der Waals surface area contributed by atoms with Crippen LogP contribution in [-0.2, 0) is 4.74 Å². The fraction of sp³-hybridized carbons (Fsp3) is 0.231. The maximum absolute atomic E-state index is 10.0. The van der Waals surface area contributed by atoms with E-state index in [-0.39, 0.29) is 6.10 Å². The first-order valence-corrected chi connectivity index (χ1v) is 5.00. The second kappa shape index (κ2) is 4.43. The molecule has 0 aliphatic heterocycles. The van der Waals surface area contributed by atoms with Crippen LogP contribution in [-0.4, -0.2) is 17.8 Å². The van der Waals surface area contributed by atoms with Gasteiger partial charge in [0.1, 0.15) is 12.2 Å². The summed E-state index contributed by atoms with van der Waals surface area (Å²) < 4.78 is 5.45. The van der Waals surface area contributed by atoms with Crippen LogP contribution < -0.4 is 0 Å². The van der Waals surface area contributed by atoms with E-state index in [2.05, 4.69) is 6.58 Å². The Balaban J connectivity index is 2.21. The van der Waals surface area contributed by atoms with Crippen molar-refractivity contribution < 1.29 is 9.84 Å². The highest BCUT2D eigenvalue weighted by molar-refractivity contribution is 5.58. The molecule has 0 radical (unpaired) electrons. The van der Waals surface area contributed by atoms with Gasteiger partial charge in [0.2, 0.25) is 0 Å². The molecule has 0 saturated carbocycles. The van der Waals surface area contributed by atoms with Gasteiger partial charge in [-0.15, -0.1) is 6.58 Å². The van der Waals surface area contributed by atoms with Crippen molar-refractivity contribution in [3.8, 4) is 0 Å². The van der Waals surface area contributed by atoms with Gasteiger partial charge in [0, 0.05) is 0 Å². The van der Waals surface area contributed by atoms with E-state index in [1.165, 1.54) is 0 Å². The summed E-state index contributed by atoms with van der Waals surface area (Å²) in [5, 5.41) is 10.0. The standard InChI is InChI=1S/C13H14O2/c1-2-9-15-12-8-7-10-5-3-4-6-11(10)13(12)14/h2-8,12-14H,1,9H2/t12-,13-/m0/s1. The molecule has 2 nitrogen and oxygen atoms in total. The van der Waals surface area contributed by atoms with E-state index >= 15 is 0 Å². The minimum absolute atomic E-state index is 0.266. The van der Waals surface area contributed by atoms with Gasteiger partial charge in [0.15, 0.2) is 0 Å². The predicted octanol–water partition coefficient (Wildman–Crippen LogP) is 2.32. The Morgan fingerprint density at radius 3 is 3.00 bits per heavy atom. The zero-order valence-corrected chi connectivity index (χ0v) is 8.47. The Bertz CT molecular complexity index is 382. The average molecular weight is 202 g/mol. The molecule has 2 rings (SSSR count). The van der Waals surface area contributed by atoms with Crippen LogP contribution in [0.3, 0.4) is 0 Å². The number of benzene rings is 1. The molecular weight excluding hydrogens is 188 g/mol. The minimum Gasteiger partial charge on any atom is -0.385 e. The summed E-state index contributed by atoms with van der Waals surface area (Å²) in [6.45, 7) is 4.04. The highest BCUT2D eigenvalue weighted by atomic mass is 16.5. The van der Waals surface area contributed by atoms with Gasteiger partial charge < -0.3 is 9.84 Å². The van der Waals surface area contributed by atoms with Crippen LogP contribution in [0.25, 0.3) is 6.08 Å². The quantitative estimate of drug-likeness (QED) is 0.762. The lowest BCUT2D eigenvalue weighted by atomic mass is 9.93. The number of aliphatic hydroxyl groups is 1. The summed E-state index contributed by atoms with van der Waals surface area (Å²) >= 11 is 0. The fourth-order valence-electron chi connectivity index (χ4n) is 1.74. The molecule has 78 valence electrons. The predicted molar refractivity (Wildman–Crippen MR) is 60.4 cm³/mol. The van der Waals surface area contributed by atoms with E-state index in [9.17, 15) is 5.11 Å². The van der Waals surface area contributed by atoms with Crippen LogP contribution in [0, 0.1) is 0 Å². The summed E-state index contributed by atoms with van der Waals surface area (Å²) in [6, 6.07) is 7.79. The zero-order valence-electron chi connectivity index (χ0n) is 8.47. The molecule has 0 amide bonds. The molecule has 1 aromatic rings. The van der Waals surface area contributed by atoms with E-state index < -0.39 is 6.10 Å². The Kier molecular flexibility index (Phi) is 2.99. The first-order valence-electron chi connectivity index (χ1n) is 5.00. The number of aliphatic hydroxyl groups excluding tert-OH is 1. The lowest BCUT2D eigenvalue weighted by molar-refractivity contribution is -0.000286. The van der Waals surface area contributed by atoms with Gasteiger partial charge in [-0.25, -0.2) is 0 Å². The highest BCUT2D eigenvalue weighted by Crippen LogP contribution is 2.29. The third-order valence-corrected chi connectivity index (χ3v) is 2.50. The van der Waals surface area contributed by atoms with Crippen molar-refractivity contribution in [2.75, 3.05) is 6.61 Å². The Morgan fingerprint density at radius 1 is 1.40 bits per heavy atom. The molecule has 0 saturated heterocycles. The van der Waals surface area contributed by atoms with Crippen molar-refractivity contribution in [1.82, 2.24) is 0 Å². The molecule has 2 heteroatoms. The van der Waals surface area contributed by atoms with Crippen LogP contribution in [0.5, 0.6) is 0 Å². The molecule has 1 aromatic carbocycles. The summed E-state index contributed by atoms with van der Waals surface area (Å²) in [4.78, 5) is 0. The van der Waals surface area contributed by atoms with Crippen molar-refractivity contribution in [2.24, 2.45) is 0 Å². The molecule has 1 aliphatic carbocycles. The van der Waals surface area contributed by atoms with Crippen molar-refractivity contribution in [3.63, 3.8) is 0 Å². The summed E-state index contributed by atoms with van der Waals surface area (Å²) in [5.41, 5.74) is 1.98. The fourth-order valence-corrected chi connectivity index (χ4v) is 1.74. The average Bonchev–Trinajstić information content (AvgIpc) is 2.29. The van der Waals surface area contributed by atoms with Crippen LogP contribution in [0.15, 0.2) is 43.0 Å². The number of hydrogen-bond acceptors (Lipinski definition) is 2. The van der Waals surface area contributed by atoms with Crippen molar-refractivity contribution >= 4 is 6.08 Å². The largest absolute Gasteiger partial charge is 0.385 e. The molecule has 1 N–H and O–H groups in total. The number of hydrogen-bond donors (Lipinski definition) is 1. The van der Waals surface area contributed by atoms with Gasteiger partial charge in [0.05, 0.1) is 6.61 Å². The highest BCUT2D eigenvalue weighted by Gasteiger charge is 2.23. The summed E-state index contributed by atoms with van der Waals surface area (Å²) in [6.07, 6.45) is 4.71.